The van der Waals surface area contributed by atoms with Crippen molar-refractivity contribution in [1.82, 2.24) is 5.32 Å². The SMILES string of the molecule is CC1(C)Oc2ccccc2C1NC1CCCc2sccc21. The molecule has 2 atom stereocenters. The lowest BCUT2D eigenvalue weighted by atomic mass is 9.89. The third kappa shape index (κ3) is 2.19. The van der Waals surface area contributed by atoms with Gasteiger partial charge in [0.2, 0.25) is 0 Å². The van der Waals surface area contributed by atoms with Crippen molar-refractivity contribution in [2.24, 2.45) is 0 Å². The van der Waals surface area contributed by atoms with E-state index in [1.54, 1.807) is 4.88 Å². The largest absolute Gasteiger partial charge is 0.486 e. The first-order valence-electron chi connectivity index (χ1n) is 7.75. The monoisotopic (exact) mass is 299 g/mol. The molecule has 3 heteroatoms. The van der Waals surface area contributed by atoms with E-state index >= 15 is 0 Å². The molecule has 2 nitrogen and oxygen atoms in total. The lowest BCUT2D eigenvalue weighted by molar-refractivity contribution is 0.0896. The molecule has 0 amide bonds. The molecule has 4 rings (SSSR count). The lowest BCUT2D eigenvalue weighted by Crippen LogP contribution is -2.41. The van der Waals surface area contributed by atoms with Crippen molar-refractivity contribution in [2.45, 2.75) is 50.8 Å². The first-order chi connectivity index (χ1) is 10.1. The first kappa shape index (κ1) is 13.4. The number of hydrogen-bond acceptors (Lipinski definition) is 3. The number of fused-ring (bicyclic) bond motifs is 2. The van der Waals surface area contributed by atoms with Crippen LogP contribution in [0.15, 0.2) is 35.7 Å². The summed E-state index contributed by atoms with van der Waals surface area (Å²) >= 11 is 1.90. The molecule has 0 radical (unpaired) electrons. The standard InChI is InChI=1S/C18H21NOS/c1-18(2)17(13-6-3-4-8-15(13)20-18)19-14-7-5-9-16-12(14)10-11-21-16/h3-4,6,8,10-11,14,17,19H,5,7,9H2,1-2H3. The fourth-order valence-electron chi connectivity index (χ4n) is 3.68. The van der Waals surface area contributed by atoms with Gasteiger partial charge in [-0.1, -0.05) is 18.2 Å². The van der Waals surface area contributed by atoms with Crippen LogP contribution in [0, 0.1) is 0 Å². The Balaban J connectivity index is 1.66. The predicted octanol–water partition coefficient (Wildman–Crippen LogP) is 4.63. The van der Waals surface area contributed by atoms with Crippen molar-refractivity contribution in [3.05, 3.63) is 51.7 Å². The van der Waals surface area contributed by atoms with Gasteiger partial charge in [-0.25, -0.2) is 0 Å². The van der Waals surface area contributed by atoms with Crippen LogP contribution in [0.2, 0.25) is 0 Å². The first-order valence-corrected chi connectivity index (χ1v) is 8.63. The minimum absolute atomic E-state index is 0.197. The van der Waals surface area contributed by atoms with Gasteiger partial charge in [-0.3, -0.25) is 5.32 Å². The summed E-state index contributed by atoms with van der Waals surface area (Å²) in [5.41, 5.74) is 2.61. The number of benzene rings is 1. The molecule has 1 aliphatic carbocycles. The highest BCUT2D eigenvalue weighted by atomic mass is 32.1. The van der Waals surface area contributed by atoms with Crippen LogP contribution in [0.1, 0.15) is 54.8 Å². The summed E-state index contributed by atoms with van der Waals surface area (Å²) in [5, 5.41) is 6.12. The molecular formula is C18H21NOS. The summed E-state index contributed by atoms with van der Waals surface area (Å²) in [6.45, 7) is 4.37. The summed E-state index contributed by atoms with van der Waals surface area (Å²) in [6.07, 6.45) is 3.74. The Kier molecular flexibility index (Phi) is 3.09. The highest BCUT2D eigenvalue weighted by molar-refractivity contribution is 7.10. The molecule has 110 valence electrons. The summed E-state index contributed by atoms with van der Waals surface area (Å²) in [7, 11) is 0. The summed E-state index contributed by atoms with van der Waals surface area (Å²) in [5.74, 6) is 1.03. The maximum absolute atomic E-state index is 6.16. The summed E-state index contributed by atoms with van der Waals surface area (Å²) in [4.78, 5) is 1.56. The third-order valence-corrected chi connectivity index (χ3v) is 5.71. The van der Waals surface area contributed by atoms with Gasteiger partial charge in [0.05, 0.1) is 6.04 Å². The van der Waals surface area contributed by atoms with Gasteiger partial charge in [-0.05, 0) is 56.2 Å². The molecule has 0 saturated heterocycles. The maximum Gasteiger partial charge on any atom is 0.125 e. The molecule has 1 aliphatic heterocycles. The topological polar surface area (TPSA) is 21.3 Å². The van der Waals surface area contributed by atoms with E-state index in [1.165, 1.54) is 30.4 Å². The Morgan fingerprint density at radius 1 is 1.19 bits per heavy atom. The molecule has 0 fully saturated rings. The zero-order chi connectivity index (χ0) is 14.4. The fourth-order valence-corrected chi connectivity index (χ4v) is 4.67. The molecule has 2 unspecified atom stereocenters. The lowest BCUT2D eigenvalue weighted by Gasteiger charge is -2.33. The van der Waals surface area contributed by atoms with E-state index in [2.05, 4.69) is 54.9 Å². The second kappa shape index (κ2) is 4.85. The van der Waals surface area contributed by atoms with Gasteiger partial charge < -0.3 is 4.74 Å². The zero-order valence-corrected chi connectivity index (χ0v) is 13.4. The van der Waals surface area contributed by atoms with Gasteiger partial charge in [-0.2, -0.15) is 0 Å². The quantitative estimate of drug-likeness (QED) is 0.873. The molecule has 0 bridgehead atoms. The third-order valence-electron chi connectivity index (χ3n) is 4.72. The fraction of sp³-hybridized carbons (Fsp3) is 0.444. The van der Waals surface area contributed by atoms with Crippen molar-refractivity contribution < 1.29 is 4.74 Å². The smallest absolute Gasteiger partial charge is 0.125 e. The van der Waals surface area contributed by atoms with Gasteiger partial charge >= 0.3 is 0 Å². The minimum atomic E-state index is -0.197. The molecule has 2 aromatic rings. The van der Waals surface area contributed by atoms with E-state index in [0.717, 1.165) is 5.75 Å². The predicted molar refractivity (Wildman–Crippen MR) is 87.0 cm³/mol. The molecule has 1 aromatic heterocycles. The molecule has 1 aromatic carbocycles. The van der Waals surface area contributed by atoms with Crippen molar-refractivity contribution >= 4 is 11.3 Å². The Labute approximate surface area is 130 Å². The highest BCUT2D eigenvalue weighted by Gasteiger charge is 2.42. The van der Waals surface area contributed by atoms with Crippen molar-refractivity contribution in [2.75, 3.05) is 0 Å². The average Bonchev–Trinajstić information content (AvgIpc) is 3.02. The van der Waals surface area contributed by atoms with Crippen molar-refractivity contribution in [3.8, 4) is 5.75 Å². The zero-order valence-electron chi connectivity index (χ0n) is 12.6. The second-order valence-electron chi connectivity index (χ2n) is 6.59. The van der Waals surface area contributed by atoms with Gasteiger partial charge in [0, 0.05) is 16.5 Å². The van der Waals surface area contributed by atoms with Crippen LogP contribution >= 0.6 is 11.3 Å². The van der Waals surface area contributed by atoms with Gasteiger partial charge in [0.25, 0.3) is 0 Å². The molecule has 2 aliphatic rings. The Hall–Kier alpha value is -1.32. The van der Waals surface area contributed by atoms with E-state index in [0.29, 0.717) is 6.04 Å². The summed E-state index contributed by atoms with van der Waals surface area (Å²) in [6, 6.07) is 11.4. The molecule has 21 heavy (non-hydrogen) atoms. The van der Waals surface area contributed by atoms with E-state index in [4.69, 9.17) is 4.74 Å². The summed E-state index contributed by atoms with van der Waals surface area (Å²) < 4.78 is 6.16. The number of nitrogens with one attached hydrogen (secondary N) is 1. The van der Waals surface area contributed by atoms with Crippen LogP contribution < -0.4 is 10.1 Å². The number of rotatable bonds is 2. The second-order valence-corrected chi connectivity index (χ2v) is 7.59. The molecule has 0 saturated carbocycles. The van der Waals surface area contributed by atoms with Crippen LogP contribution in [0.25, 0.3) is 0 Å². The van der Waals surface area contributed by atoms with Gasteiger partial charge in [-0.15, -0.1) is 11.3 Å². The highest BCUT2D eigenvalue weighted by Crippen LogP contribution is 2.45. The molecule has 1 N–H and O–H groups in total. The number of thiophene rings is 1. The minimum Gasteiger partial charge on any atom is -0.486 e. The van der Waals surface area contributed by atoms with E-state index in [9.17, 15) is 0 Å². The molecular weight excluding hydrogens is 278 g/mol. The number of aryl methyl sites for hydroxylation is 1. The van der Waals surface area contributed by atoms with Crippen molar-refractivity contribution in [3.63, 3.8) is 0 Å². The van der Waals surface area contributed by atoms with Crippen LogP contribution in [-0.4, -0.2) is 5.60 Å². The Morgan fingerprint density at radius 2 is 2.05 bits per heavy atom. The average molecular weight is 299 g/mol. The van der Waals surface area contributed by atoms with E-state index in [1.807, 2.05) is 11.3 Å². The Bertz CT molecular complexity index is 661. The van der Waals surface area contributed by atoms with E-state index < -0.39 is 0 Å². The molecule has 0 spiro atoms. The van der Waals surface area contributed by atoms with Crippen LogP contribution in [0.5, 0.6) is 5.75 Å². The normalized spacial score (nSPS) is 26.0. The van der Waals surface area contributed by atoms with E-state index in [-0.39, 0.29) is 11.6 Å². The number of hydrogen-bond donors (Lipinski definition) is 1. The number of para-hydroxylation sites is 1. The van der Waals surface area contributed by atoms with Gasteiger partial charge in [0.15, 0.2) is 0 Å². The number of ether oxygens (including phenoxy) is 1. The molecule has 2 heterocycles. The van der Waals surface area contributed by atoms with Gasteiger partial charge in [0.1, 0.15) is 11.4 Å². The van der Waals surface area contributed by atoms with Crippen molar-refractivity contribution in [1.29, 1.82) is 0 Å². The Morgan fingerprint density at radius 3 is 2.95 bits per heavy atom. The van der Waals surface area contributed by atoms with Crippen LogP contribution in [-0.2, 0) is 6.42 Å². The maximum atomic E-state index is 6.16. The van der Waals surface area contributed by atoms with Crippen LogP contribution in [0.3, 0.4) is 0 Å². The van der Waals surface area contributed by atoms with Crippen LogP contribution in [0.4, 0.5) is 0 Å².